The Labute approximate surface area is 151 Å². The molecule has 0 bridgehead atoms. The molecule has 25 heavy (non-hydrogen) atoms. The van der Waals surface area contributed by atoms with E-state index in [4.69, 9.17) is 16.3 Å². The lowest BCUT2D eigenvalue weighted by Gasteiger charge is -2.13. The Bertz CT molecular complexity index is 776. The second-order valence-electron chi connectivity index (χ2n) is 6.06. The van der Waals surface area contributed by atoms with Gasteiger partial charge < -0.3 is 10.1 Å². The van der Waals surface area contributed by atoms with Crippen molar-refractivity contribution in [1.29, 1.82) is 0 Å². The van der Waals surface area contributed by atoms with Gasteiger partial charge >= 0.3 is 6.09 Å². The summed E-state index contributed by atoms with van der Waals surface area (Å²) in [5.41, 5.74) is 2.76. The molecule has 1 aliphatic heterocycles. The molecule has 3 rings (SSSR count). The molecule has 1 fully saturated rings. The van der Waals surface area contributed by atoms with Gasteiger partial charge in [-0.2, -0.15) is 0 Å². The first-order valence-electron chi connectivity index (χ1n) is 8.07. The van der Waals surface area contributed by atoms with Crippen LogP contribution in [0.2, 0.25) is 5.02 Å². The smallest absolute Gasteiger partial charge is 0.414 e. The van der Waals surface area contributed by atoms with Crippen molar-refractivity contribution in [2.24, 2.45) is 0 Å². The number of carbonyl (C=O) groups excluding carboxylic acids is 2. The molecule has 1 saturated heterocycles. The maximum absolute atomic E-state index is 12.0. The lowest BCUT2D eigenvalue weighted by Crippen LogP contribution is -2.35. The first-order valence-corrected chi connectivity index (χ1v) is 8.45. The Hall–Kier alpha value is -2.53. The molecule has 6 heteroatoms. The third kappa shape index (κ3) is 4.51. The first-order chi connectivity index (χ1) is 12.0. The van der Waals surface area contributed by atoms with Crippen molar-refractivity contribution in [3.05, 3.63) is 64.7 Å². The van der Waals surface area contributed by atoms with Crippen LogP contribution >= 0.6 is 11.6 Å². The molecule has 2 aromatic carbocycles. The van der Waals surface area contributed by atoms with Gasteiger partial charge in [0.25, 0.3) is 0 Å². The van der Waals surface area contributed by atoms with Gasteiger partial charge in [0.1, 0.15) is 6.10 Å². The number of aryl methyl sites for hydroxylation is 1. The van der Waals surface area contributed by atoms with Gasteiger partial charge in [-0.1, -0.05) is 35.9 Å². The number of carbonyl (C=O) groups is 2. The van der Waals surface area contributed by atoms with Gasteiger partial charge in [0.15, 0.2) is 0 Å². The molecule has 5 nitrogen and oxygen atoms in total. The third-order valence-electron chi connectivity index (χ3n) is 3.99. The molecule has 0 saturated carbocycles. The third-order valence-corrected chi connectivity index (χ3v) is 4.24. The van der Waals surface area contributed by atoms with Gasteiger partial charge in [0.05, 0.1) is 19.5 Å². The van der Waals surface area contributed by atoms with Crippen molar-refractivity contribution in [1.82, 2.24) is 5.32 Å². The van der Waals surface area contributed by atoms with Crippen molar-refractivity contribution in [3.63, 3.8) is 0 Å². The van der Waals surface area contributed by atoms with Gasteiger partial charge in [-0.3, -0.25) is 9.69 Å². The zero-order valence-corrected chi connectivity index (χ0v) is 14.6. The fraction of sp³-hybridized carbons (Fsp3) is 0.263. The summed E-state index contributed by atoms with van der Waals surface area (Å²) in [5.74, 6) is -0.118. The number of ether oxygens (including phenoxy) is 1. The number of benzene rings is 2. The molecule has 2 amide bonds. The topological polar surface area (TPSA) is 58.6 Å². The van der Waals surface area contributed by atoms with Crippen molar-refractivity contribution in [3.8, 4) is 0 Å². The number of nitrogens with one attached hydrogen (secondary N) is 1. The van der Waals surface area contributed by atoms with Crippen LogP contribution < -0.4 is 10.2 Å². The quantitative estimate of drug-likeness (QED) is 0.891. The van der Waals surface area contributed by atoms with Gasteiger partial charge in [0, 0.05) is 10.7 Å². The van der Waals surface area contributed by atoms with Gasteiger partial charge in [-0.05, 0) is 42.3 Å². The summed E-state index contributed by atoms with van der Waals surface area (Å²) in [6.45, 7) is 2.68. The minimum Gasteiger partial charge on any atom is -0.442 e. The van der Waals surface area contributed by atoms with Crippen molar-refractivity contribution < 1.29 is 14.3 Å². The number of hydrogen-bond acceptors (Lipinski definition) is 3. The molecule has 0 aliphatic carbocycles. The molecule has 0 radical (unpaired) electrons. The van der Waals surface area contributed by atoms with Crippen LogP contribution in [-0.4, -0.2) is 31.2 Å². The highest BCUT2D eigenvalue weighted by atomic mass is 35.5. The summed E-state index contributed by atoms with van der Waals surface area (Å²) in [6.07, 6.45) is -0.482. The molecule has 0 aromatic heterocycles. The molecule has 1 atom stereocenters. The summed E-state index contributed by atoms with van der Waals surface area (Å²) in [5, 5.41) is 3.45. The predicted octanol–water partition coefficient (Wildman–Crippen LogP) is 3.33. The van der Waals surface area contributed by atoms with E-state index in [9.17, 15) is 9.59 Å². The van der Waals surface area contributed by atoms with E-state index in [2.05, 4.69) is 5.32 Å². The highest BCUT2D eigenvalue weighted by Gasteiger charge is 2.32. The molecule has 0 spiro atoms. The van der Waals surface area contributed by atoms with Crippen molar-refractivity contribution >= 4 is 29.3 Å². The van der Waals surface area contributed by atoms with E-state index >= 15 is 0 Å². The summed E-state index contributed by atoms with van der Waals surface area (Å²) in [6, 6.07) is 14.8. The van der Waals surface area contributed by atoms with E-state index in [1.54, 1.807) is 17.0 Å². The normalized spacial score (nSPS) is 16.6. The fourth-order valence-corrected chi connectivity index (χ4v) is 2.84. The number of anilines is 1. The first kappa shape index (κ1) is 17.3. The summed E-state index contributed by atoms with van der Waals surface area (Å²) >= 11 is 5.83. The second-order valence-corrected chi connectivity index (χ2v) is 6.50. The molecule has 1 N–H and O–H groups in total. The molecule has 2 aromatic rings. The Kier molecular flexibility index (Phi) is 5.24. The average Bonchev–Trinajstić information content (AvgIpc) is 2.96. The van der Waals surface area contributed by atoms with E-state index in [0.29, 0.717) is 18.1 Å². The van der Waals surface area contributed by atoms with Crippen LogP contribution in [-0.2, 0) is 16.0 Å². The summed E-state index contributed by atoms with van der Waals surface area (Å²) in [4.78, 5) is 25.7. The van der Waals surface area contributed by atoms with Crippen LogP contribution in [0.15, 0.2) is 48.5 Å². The van der Waals surface area contributed by atoms with Crippen LogP contribution in [0.1, 0.15) is 11.1 Å². The molecule has 1 heterocycles. The number of cyclic esters (lactones) is 1. The highest BCUT2D eigenvalue weighted by molar-refractivity contribution is 6.30. The van der Waals surface area contributed by atoms with E-state index in [1.807, 2.05) is 43.3 Å². The Morgan fingerprint density at radius 3 is 2.76 bits per heavy atom. The lowest BCUT2D eigenvalue weighted by molar-refractivity contribution is -0.120. The monoisotopic (exact) mass is 358 g/mol. The van der Waals surface area contributed by atoms with Gasteiger partial charge in [-0.15, -0.1) is 0 Å². The standard InChI is InChI=1S/C19H19ClN2O3/c1-13-3-2-4-16(9-13)22-12-17(25-19(22)24)11-21-18(23)10-14-5-7-15(20)8-6-14/h2-9,17H,10-12H2,1H3,(H,21,23). The average molecular weight is 359 g/mol. The molecule has 130 valence electrons. The SMILES string of the molecule is Cc1cccc(N2CC(CNC(=O)Cc3ccc(Cl)cc3)OC2=O)c1. The van der Waals surface area contributed by atoms with Crippen LogP contribution in [0, 0.1) is 6.92 Å². The Morgan fingerprint density at radius 2 is 2.04 bits per heavy atom. The van der Waals surface area contributed by atoms with E-state index in [1.165, 1.54) is 0 Å². The largest absolute Gasteiger partial charge is 0.442 e. The van der Waals surface area contributed by atoms with E-state index < -0.39 is 0 Å². The zero-order valence-electron chi connectivity index (χ0n) is 13.9. The van der Waals surface area contributed by atoms with Gasteiger partial charge in [-0.25, -0.2) is 4.79 Å². The number of hydrogen-bond donors (Lipinski definition) is 1. The minimum absolute atomic E-state index is 0.118. The van der Waals surface area contributed by atoms with Crippen LogP contribution in [0.3, 0.4) is 0 Å². The number of rotatable bonds is 5. The molecular formula is C19H19ClN2O3. The fourth-order valence-electron chi connectivity index (χ4n) is 2.71. The van der Waals surface area contributed by atoms with E-state index in [-0.39, 0.29) is 24.5 Å². The second kappa shape index (κ2) is 7.57. The van der Waals surface area contributed by atoms with Crippen LogP contribution in [0.4, 0.5) is 10.5 Å². The minimum atomic E-state index is -0.387. The molecule has 1 unspecified atom stereocenters. The van der Waals surface area contributed by atoms with E-state index in [0.717, 1.165) is 16.8 Å². The van der Waals surface area contributed by atoms with Gasteiger partial charge in [0.2, 0.25) is 5.91 Å². The highest BCUT2D eigenvalue weighted by Crippen LogP contribution is 2.22. The van der Waals surface area contributed by atoms with Crippen molar-refractivity contribution in [2.45, 2.75) is 19.4 Å². The molecular weight excluding hydrogens is 340 g/mol. The maximum atomic E-state index is 12.0. The Morgan fingerprint density at radius 1 is 1.28 bits per heavy atom. The molecule has 1 aliphatic rings. The zero-order chi connectivity index (χ0) is 17.8. The summed E-state index contributed by atoms with van der Waals surface area (Å²) < 4.78 is 5.34. The summed E-state index contributed by atoms with van der Waals surface area (Å²) in [7, 11) is 0. The maximum Gasteiger partial charge on any atom is 0.414 e. The number of amides is 2. The number of nitrogens with zero attached hydrogens (tertiary/aromatic N) is 1. The lowest BCUT2D eigenvalue weighted by atomic mass is 10.1. The predicted molar refractivity (Wildman–Crippen MR) is 97.0 cm³/mol. The van der Waals surface area contributed by atoms with Crippen LogP contribution in [0.5, 0.6) is 0 Å². The van der Waals surface area contributed by atoms with Crippen molar-refractivity contribution in [2.75, 3.05) is 18.0 Å². The van der Waals surface area contributed by atoms with Crippen LogP contribution in [0.25, 0.3) is 0 Å². The Balaban J connectivity index is 1.51. The number of halogens is 1.